The average molecular weight is 352 g/mol. The number of hydrogen-bond acceptors (Lipinski definition) is 3. The van der Waals surface area contributed by atoms with Crippen molar-refractivity contribution in [2.24, 2.45) is 4.99 Å². The van der Waals surface area contributed by atoms with Gasteiger partial charge in [0.05, 0.1) is 0 Å². The van der Waals surface area contributed by atoms with Crippen LogP contribution in [0.25, 0.3) is 11.4 Å². The van der Waals surface area contributed by atoms with Gasteiger partial charge in [0.2, 0.25) is 0 Å². The Balaban J connectivity index is 1.62. The number of nitrogens with zero attached hydrogens (tertiary/aromatic N) is 4. The third kappa shape index (κ3) is 4.44. The van der Waals surface area contributed by atoms with Crippen LogP contribution in [0.5, 0.6) is 0 Å². The normalized spacial score (nSPS) is 11.4. The number of aliphatic imine (C=N–C) groups is 1. The van der Waals surface area contributed by atoms with Crippen LogP contribution in [0.15, 0.2) is 59.9 Å². The molecule has 7 heteroatoms. The second-order valence-corrected chi connectivity index (χ2v) is 5.92. The van der Waals surface area contributed by atoms with Crippen molar-refractivity contribution in [3.63, 3.8) is 0 Å². The molecule has 1 heterocycles. The van der Waals surface area contributed by atoms with Gasteiger partial charge in [0.1, 0.15) is 12.1 Å². The fourth-order valence-electron chi connectivity index (χ4n) is 2.68. The number of benzene rings is 2. The largest absolute Gasteiger partial charge is 0.352 e. The average Bonchev–Trinajstić information content (AvgIpc) is 3.19. The van der Waals surface area contributed by atoms with Gasteiger partial charge in [-0.3, -0.25) is 10.1 Å². The van der Waals surface area contributed by atoms with Gasteiger partial charge in [-0.15, -0.1) is 0 Å². The Labute approximate surface area is 151 Å². The number of aromatic amines is 1. The van der Waals surface area contributed by atoms with Crippen LogP contribution in [-0.2, 0) is 13.1 Å². The van der Waals surface area contributed by atoms with Gasteiger partial charge in [-0.1, -0.05) is 30.3 Å². The SMILES string of the molecule is CN=C(NCc1cccc(-c2ncn[nH]2)c1)N(C)Cc1ccc(F)cc1. The highest BCUT2D eigenvalue weighted by molar-refractivity contribution is 5.79. The molecule has 1 aromatic heterocycles. The van der Waals surface area contributed by atoms with Crippen LogP contribution < -0.4 is 5.32 Å². The molecule has 26 heavy (non-hydrogen) atoms. The molecule has 0 amide bonds. The molecule has 0 aliphatic heterocycles. The van der Waals surface area contributed by atoms with E-state index in [2.05, 4.69) is 31.6 Å². The molecular formula is C19H21FN6. The number of nitrogens with one attached hydrogen (secondary N) is 2. The monoisotopic (exact) mass is 352 g/mol. The molecule has 0 atom stereocenters. The first-order chi connectivity index (χ1) is 12.7. The lowest BCUT2D eigenvalue weighted by atomic mass is 10.1. The van der Waals surface area contributed by atoms with Crippen LogP contribution in [-0.4, -0.2) is 40.1 Å². The summed E-state index contributed by atoms with van der Waals surface area (Å²) in [6, 6.07) is 14.6. The molecule has 0 aliphatic carbocycles. The molecule has 0 saturated heterocycles. The minimum absolute atomic E-state index is 0.231. The molecule has 6 nitrogen and oxygen atoms in total. The zero-order valence-corrected chi connectivity index (χ0v) is 14.8. The molecular weight excluding hydrogens is 331 g/mol. The van der Waals surface area contributed by atoms with Crippen molar-refractivity contribution in [2.75, 3.05) is 14.1 Å². The molecule has 0 spiro atoms. The Morgan fingerprint density at radius 3 is 2.69 bits per heavy atom. The van der Waals surface area contributed by atoms with Crippen molar-refractivity contribution in [3.8, 4) is 11.4 Å². The lowest BCUT2D eigenvalue weighted by molar-refractivity contribution is 0.476. The van der Waals surface area contributed by atoms with Gasteiger partial charge in [-0.25, -0.2) is 9.37 Å². The van der Waals surface area contributed by atoms with Gasteiger partial charge in [0.25, 0.3) is 0 Å². The molecule has 134 valence electrons. The summed E-state index contributed by atoms with van der Waals surface area (Å²) in [4.78, 5) is 10.5. The van der Waals surface area contributed by atoms with Gasteiger partial charge in [0.15, 0.2) is 11.8 Å². The Morgan fingerprint density at radius 1 is 1.19 bits per heavy atom. The van der Waals surface area contributed by atoms with Gasteiger partial charge in [-0.05, 0) is 29.3 Å². The first kappa shape index (κ1) is 17.6. The van der Waals surface area contributed by atoms with Crippen LogP contribution >= 0.6 is 0 Å². The fourth-order valence-corrected chi connectivity index (χ4v) is 2.68. The molecule has 0 aliphatic rings. The zero-order valence-electron chi connectivity index (χ0n) is 14.8. The lowest BCUT2D eigenvalue weighted by Crippen LogP contribution is -2.38. The highest BCUT2D eigenvalue weighted by Gasteiger charge is 2.08. The highest BCUT2D eigenvalue weighted by atomic mass is 19.1. The summed E-state index contributed by atoms with van der Waals surface area (Å²) < 4.78 is 13.0. The summed E-state index contributed by atoms with van der Waals surface area (Å²) in [6.07, 6.45) is 1.49. The predicted octanol–water partition coefficient (Wildman–Crippen LogP) is 2.82. The Kier molecular flexibility index (Phi) is 5.58. The molecule has 0 radical (unpaired) electrons. The molecule has 3 aromatic rings. The number of hydrogen-bond donors (Lipinski definition) is 2. The number of halogens is 1. The molecule has 0 bridgehead atoms. The van der Waals surface area contributed by atoms with Crippen molar-refractivity contribution >= 4 is 5.96 Å². The maximum absolute atomic E-state index is 13.0. The van der Waals surface area contributed by atoms with E-state index in [1.807, 2.05) is 30.1 Å². The van der Waals surface area contributed by atoms with Gasteiger partial charge in [-0.2, -0.15) is 5.10 Å². The summed E-state index contributed by atoms with van der Waals surface area (Å²) >= 11 is 0. The summed E-state index contributed by atoms with van der Waals surface area (Å²) in [6.45, 7) is 1.26. The van der Waals surface area contributed by atoms with Gasteiger partial charge >= 0.3 is 0 Å². The first-order valence-corrected chi connectivity index (χ1v) is 8.26. The maximum Gasteiger partial charge on any atom is 0.193 e. The van der Waals surface area contributed by atoms with E-state index in [9.17, 15) is 4.39 Å². The minimum Gasteiger partial charge on any atom is -0.352 e. The van der Waals surface area contributed by atoms with Crippen molar-refractivity contribution < 1.29 is 4.39 Å². The molecule has 2 aromatic carbocycles. The van der Waals surface area contributed by atoms with Crippen LogP contribution in [0.4, 0.5) is 4.39 Å². The van der Waals surface area contributed by atoms with Gasteiger partial charge in [0, 0.05) is 32.7 Å². The van der Waals surface area contributed by atoms with E-state index in [0.29, 0.717) is 13.1 Å². The first-order valence-electron chi connectivity index (χ1n) is 8.26. The number of guanidine groups is 1. The second kappa shape index (κ2) is 8.24. The Hall–Kier alpha value is -3.22. The summed E-state index contributed by atoms with van der Waals surface area (Å²) in [5.74, 6) is 1.27. The predicted molar refractivity (Wildman–Crippen MR) is 99.9 cm³/mol. The Morgan fingerprint density at radius 2 is 2.00 bits per heavy atom. The van der Waals surface area contributed by atoms with Crippen molar-refractivity contribution in [1.82, 2.24) is 25.4 Å². The summed E-state index contributed by atoms with van der Waals surface area (Å²) in [5.41, 5.74) is 3.11. The third-order valence-electron chi connectivity index (χ3n) is 3.97. The lowest BCUT2D eigenvalue weighted by Gasteiger charge is -2.22. The number of H-pyrrole nitrogens is 1. The van der Waals surface area contributed by atoms with E-state index in [4.69, 9.17) is 0 Å². The zero-order chi connectivity index (χ0) is 18.4. The highest BCUT2D eigenvalue weighted by Crippen LogP contribution is 2.15. The fraction of sp³-hybridized carbons (Fsp3) is 0.211. The van der Waals surface area contributed by atoms with E-state index in [0.717, 1.165) is 28.5 Å². The minimum atomic E-state index is -0.231. The number of aromatic nitrogens is 3. The molecule has 2 N–H and O–H groups in total. The van der Waals surface area contributed by atoms with Crippen molar-refractivity contribution in [2.45, 2.75) is 13.1 Å². The van der Waals surface area contributed by atoms with E-state index in [1.54, 1.807) is 19.2 Å². The maximum atomic E-state index is 13.0. The molecule has 3 rings (SSSR count). The van der Waals surface area contributed by atoms with E-state index in [-0.39, 0.29) is 5.82 Å². The van der Waals surface area contributed by atoms with Crippen LogP contribution in [0, 0.1) is 5.82 Å². The van der Waals surface area contributed by atoms with Crippen molar-refractivity contribution in [1.29, 1.82) is 0 Å². The second-order valence-electron chi connectivity index (χ2n) is 5.92. The third-order valence-corrected chi connectivity index (χ3v) is 3.97. The van der Waals surface area contributed by atoms with E-state index in [1.165, 1.54) is 18.5 Å². The number of rotatable bonds is 5. The standard InChI is InChI=1S/C19H21FN6/c1-21-19(26(2)12-14-6-8-17(20)9-7-14)22-11-15-4-3-5-16(10-15)18-23-13-24-25-18/h3-10,13H,11-12H2,1-2H3,(H,21,22)(H,23,24,25). The van der Waals surface area contributed by atoms with Crippen LogP contribution in [0.1, 0.15) is 11.1 Å². The quantitative estimate of drug-likeness (QED) is 0.547. The molecule has 0 saturated carbocycles. The van der Waals surface area contributed by atoms with E-state index < -0.39 is 0 Å². The smallest absolute Gasteiger partial charge is 0.193 e. The van der Waals surface area contributed by atoms with Gasteiger partial charge < -0.3 is 10.2 Å². The topological polar surface area (TPSA) is 69.2 Å². The molecule has 0 unspecified atom stereocenters. The summed E-state index contributed by atoms with van der Waals surface area (Å²) in [5, 5.41) is 10.1. The van der Waals surface area contributed by atoms with Crippen LogP contribution in [0.2, 0.25) is 0 Å². The van der Waals surface area contributed by atoms with Crippen molar-refractivity contribution in [3.05, 3.63) is 71.8 Å². The summed E-state index contributed by atoms with van der Waals surface area (Å²) in [7, 11) is 3.69. The molecule has 0 fully saturated rings. The van der Waals surface area contributed by atoms with E-state index >= 15 is 0 Å². The Bertz CT molecular complexity index is 858. The van der Waals surface area contributed by atoms with Crippen LogP contribution in [0.3, 0.4) is 0 Å².